The molecule has 1 aliphatic heterocycles. The molecule has 0 aliphatic carbocycles. The summed E-state index contributed by atoms with van der Waals surface area (Å²) in [4.78, 5) is 2.80. The lowest BCUT2D eigenvalue weighted by Crippen LogP contribution is -2.33. The summed E-state index contributed by atoms with van der Waals surface area (Å²) in [5, 5.41) is 3.39. The first kappa shape index (κ1) is 5.67. The molecule has 7 heavy (non-hydrogen) atoms. The minimum atomic E-state index is 1.02. The summed E-state index contributed by atoms with van der Waals surface area (Å²) in [7, 11) is 0. The summed E-state index contributed by atoms with van der Waals surface area (Å²) in [5.41, 5.74) is 0. The van der Waals surface area contributed by atoms with Gasteiger partial charge in [0.2, 0.25) is 0 Å². The standard InChI is InChI=1S/C2H4IN3S/c3-2-1-7-5-6(2)4/h1,5H,4H2. The van der Waals surface area contributed by atoms with E-state index in [2.05, 4.69) is 27.4 Å². The van der Waals surface area contributed by atoms with E-state index in [4.69, 9.17) is 5.84 Å². The molecule has 40 valence electrons. The second-order valence-electron chi connectivity index (χ2n) is 1.02. The highest BCUT2D eigenvalue weighted by Crippen LogP contribution is 2.18. The van der Waals surface area contributed by atoms with Gasteiger partial charge < -0.3 is 0 Å². The van der Waals surface area contributed by atoms with Crippen molar-refractivity contribution in [3.05, 3.63) is 9.11 Å². The van der Waals surface area contributed by atoms with Crippen molar-refractivity contribution in [1.29, 1.82) is 0 Å². The molecule has 1 heterocycles. The largest absolute Gasteiger partial charge is 0.231 e. The zero-order chi connectivity index (χ0) is 5.28. The molecule has 5 heteroatoms. The Morgan fingerprint density at radius 3 is 2.86 bits per heavy atom. The van der Waals surface area contributed by atoms with Crippen molar-refractivity contribution in [2.24, 2.45) is 5.84 Å². The Hall–Kier alpha value is 0.540. The number of hydrogen-bond donors (Lipinski definition) is 2. The number of nitrogens with zero attached hydrogens (tertiary/aromatic N) is 1. The van der Waals surface area contributed by atoms with Crippen LogP contribution >= 0.6 is 34.5 Å². The number of rotatable bonds is 0. The fourth-order valence-corrected chi connectivity index (χ4v) is 1.37. The number of hydrogen-bond acceptors (Lipinski definition) is 4. The zero-order valence-electron chi connectivity index (χ0n) is 3.39. The van der Waals surface area contributed by atoms with Gasteiger partial charge in [-0.15, -0.1) is 0 Å². The molecule has 0 radical (unpaired) electrons. The fourth-order valence-electron chi connectivity index (χ4n) is 0.232. The van der Waals surface area contributed by atoms with Gasteiger partial charge in [0, 0.05) is 5.41 Å². The molecular formula is C2H4IN3S. The Labute approximate surface area is 59.5 Å². The average Bonchev–Trinajstić information content (AvgIpc) is 1.91. The predicted molar refractivity (Wildman–Crippen MR) is 38.9 cm³/mol. The van der Waals surface area contributed by atoms with E-state index >= 15 is 0 Å². The molecule has 0 spiro atoms. The van der Waals surface area contributed by atoms with Crippen LogP contribution in [-0.2, 0) is 0 Å². The average molecular weight is 229 g/mol. The first-order valence-corrected chi connectivity index (χ1v) is 3.58. The Kier molecular flexibility index (Phi) is 1.79. The Bertz CT molecular complexity index is 103. The van der Waals surface area contributed by atoms with E-state index in [0.29, 0.717) is 0 Å². The van der Waals surface area contributed by atoms with E-state index in [0.717, 1.165) is 3.70 Å². The number of nitrogens with two attached hydrogens (primary N) is 1. The van der Waals surface area contributed by atoms with Crippen LogP contribution in [0.25, 0.3) is 0 Å². The topological polar surface area (TPSA) is 41.3 Å². The molecule has 0 bridgehead atoms. The van der Waals surface area contributed by atoms with Crippen molar-refractivity contribution in [3.63, 3.8) is 0 Å². The predicted octanol–water partition coefficient (Wildman–Crippen LogP) is 0.562. The molecule has 3 nitrogen and oxygen atoms in total. The van der Waals surface area contributed by atoms with E-state index in [-0.39, 0.29) is 0 Å². The minimum Gasteiger partial charge on any atom is -0.231 e. The lowest BCUT2D eigenvalue weighted by molar-refractivity contribution is 0.374. The Balaban J connectivity index is 2.54. The molecule has 1 rings (SSSR count). The normalized spacial score (nSPS) is 20.3. The summed E-state index contributed by atoms with van der Waals surface area (Å²) in [6, 6.07) is 0. The molecule has 3 N–H and O–H groups in total. The first-order chi connectivity index (χ1) is 3.30. The lowest BCUT2D eigenvalue weighted by atomic mass is 11.0. The number of hydrazine groups is 2. The van der Waals surface area contributed by atoms with Crippen LogP contribution in [0.3, 0.4) is 0 Å². The van der Waals surface area contributed by atoms with E-state index in [1.807, 2.05) is 5.41 Å². The van der Waals surface area contributed by atoms with Crippen molar-refractivity contribution >= 4 is 34.5 Å². The first-order valence-electron chi connectivity index (χ1n) is 1.62. The Morgan fingerprint density at radius 1 is 2.00 bits per heavy atom. The second-order valence-corrected chi connectivity index (χ2v) is 2.78. The van der Waals surface area contributed by atoms with Gasteiger partial charge in [-0.3, -0.25) is 0 Å². The highest BCUT2D eigenvalue weighted by atomic mass is 127. The van der Waals surface area contributed by atoms with Crippen molar-refractivity contribution in [3.8, 4) is 0 Å². The summed E-state index contributed by atoms with van der Waals surface area (Å²) in [5.74, 6) is 5.30. The molecule has 1 aliphatic rings. The summed E-state index contributed by atoms with van der Waals surface area (Å²) >= 11 is 3.61. The molecule has 0 saturated heterocycles. The third kappa shape index (κ3) is 1.21. The monoisotopic (exact) mass is 229 g/mol. The maximum absolute atomic E-state index is 5.30. The third-order valence-corrected chi connectivity index (χ3v) is 2.43. The van der Waals surface area contributed by atoms with Crippen LogP contribution in [0.1, 0.15) is 0 Å². The van der Waals surface area contributed by atoms with E-state index < -0.39 is 0 Å². The highest BCUT2D eigenvalue weighted by Gasteiger charge is 2.05. The number of halogens is 1. The van der Waals surface area contributed by atoms with Crippen molar-refractivity contribution in [1.82, 2.24) is 9.95 Å². The zero-order valence-corrected chi connectivity index (χ0v) is 6.36. The van der Waals surface area contributed by atoms with Gasteiger partial charge in [-0.05, 0) is 34.5 Å². The Morgan fingerprint density at radius 2 is 2.71 bits per heavy atom. The van der Waals surface area contributed by atoms with Crippen LogP contribution in [0, 0.1) is 0 Å². The van der Waals surface area contributed by atoms with Gasteiger partial charge in [-0.2, -0.15) is 4.83 Å². The van der Waals surface area contributed by atoms with Gasteiger partial charge in [0.1, 0.15) is 3.70 Å². The lowest BCUT2D eigenvalue weighted by Gasteiger charge is -2.07. The van der Waals surface area contributed by atoms with Gasteiger partial charge in [0.05, 0.1) is 0 Å². The van der Waals surface area contributed by atoms with Gasteiger partial charge in [0.25, 0.3) is 0 Å². The molecule has 0 aromatic heterocycles. The van der Waals surface area contributed by atoms with Crippen LogP contribution in [-0.4, -0.2) is 5.12 Å². The molecule has 0 aromatic rings. The van der Waals surface area contributed by atoms with E-state index in [9.17, 15) is 0 Å². The van der Waals surface area contributed by atoms with E-state index in [1.54, 1.807) is 0 Å². The van der Waals surface area contributed by atoms with Crippen LogP contribution in [0.4, 0.5) is 0 Å². The highest BCUT2D eigenvalue weighted by molar-refractivity contribution is 14.1. The van der Waals surface area contributed by atoms with Gasteiger partial charge >= 0.3 is 0 Å². The fraction of sp³-hybridized carbons (Fsp3) is 0. The van der Waals surface area contributed by atoms with Crippen molar-refractivity contribution in [2.45, 2.75) is 0 Å². The van der Waals surface area contributed by atoms with Crippen LogP contribution in [0.15, 0.2) is 9.11 Å². The van der Waals surface area contributed by atoms with Crippen LogP contribution < -0.4 is 10.7 Å². The molecular weight excluding hydrogens is 225 g/mol. The van der Waals surface area contributed by atoms with Crippen LogP contribution in [0.2, 0.25) is 0 Å². The van der Waals surface area contributed by atoms with Crippen LogP contribution in [0.5, 0.6) is 0 Å². The van der Waals surface area contributed by atoms with Gasteiger partial charge in [-0.25, -0.2) is 11.0 Å². The quantitative estimate of drug-likeness (QED) is 0.275. The van der Waals surface area contributed by atoms with Crippen molar-refractivity contribution < 1.29 is 0 Å². The summed E-state index contributed by atoms with van der Waals surface area (Å²) < 4.78 is 1.02. The summed E-state index contributed by atoms with van der Waals surface area (Å²) in [6.07, 6.45) is 0. The molecule has 0 aromatic carbocycles. The van der Waals surface area contributed by atoms with Crippen molar-refractivity contribution in [2.75, 3.05) is 0 Å². The smallest absolute Gasteiger partial charge is 0.116 e. The maximum atomic E-state index is 5.30. The SMILES string of the molecule is NN1NSC=C1I. The molecule has 0 unspecified atom stereocenters. The third-order valence-electron chi connectivity index (χ3n) is 0.537. The number of nitrogens with one attached hydrogen (secondary N) is 1. The van der Waals surface area contributed by atoms with Gasteiger partial charge in [-0.1, -0.05) is 0 Å². The molecule has 0 saturated carbocycles. The van der Waals surface area contributed by atoms with Gasteiger partial charge in [0.15, 0.2) is 0 Å². The second kappa shape index (κ2) is 2.21. The molecule has 0 fully saturated rings. The minimum absolute atomic E-state index is 1.02. The summed E-state index contributed by atoms with van der Waals surface area (Å²) in [6.45, 7) is 0. The van der Waals surface area contributed by atoms with E-state index in [1.165, 1.54) is 17.1 Å². The molecule has 0 amide bonds. The molecule has 0 atom stereocenters. The maximum Gasteiger partial charge on any atom is 0.116 e.